The van der Waals surface area contributed by atoms with E-state index in [9.17, 15) is 19.2 Å². The van der Waals surface area contributed by atoms with Gasteiger partial charge in [0.15, 0.2) is 0 Å². The number of ether oxygens (including phenoxy) is 4. The van der Waals surface area contributed by atoms with Gasteiger partial charge in [-0.2, -0.15) is 0 Å². The summed E-state index contributed by atoms with van der Waals surface area (Å²) in [5.74, 6) is -5.17. The van der Waals surface area contributed by atoms with E-state index >= 15 is 0 Å². The lowest BCUT2D eigenvalue weighted by Crippen LogP contribution is -2.52. The fourth-order valence-electron chi connectivity index (χ4n) is 5.10. The highest BCUT2D eigenvalue weighted by atomic mass is 16.8. The van der Waals surface area contributed by atoms with E-state index in [2.05, 4.69) is 0 Å². The number of carbonyl (C=O) groups is 4. The zero-order valence-corrected chi connectivity index (χ0v) is 20.0. The maximum absolute atomic E-state index is 12.6. The van der Waals surface area contributed by atoms with Gasteiger partial charge in [-0.05, 0) is 45.1 Å². The average Bonchev–Trinajstić information content (AvgIpc) is 2.77. The van der Waals surface area contributed by atoms with Crippen LogP contribution in [-0.2, 0) is 38.1 Å². The standard InChI is InChI=1S/C26H32O8/c1-16(10-12-19-21(27)31-25(32-22(19)28)14-6-4-8-17(25)2)11-13-20-23(29)33-26(34-24(20)30)15-7-5-9-18(26)3/h10,12-13,17-18H,4-9,11,14-15H2,1-3H3. The molecule has 0 amide bonds. The van der Waals surface area contributed by atoms with Crippen LogP contribution in [-0.4, -0.2) is 35.5 Å². The van der Waals surface area contributed by atoms with Crippen molar-refractivity contribution in [1.29, 1.82) is 0 Å². The Balaban J connectivity index is 1.41. The van der Waals surface area contributed by atoms with Crippen LogP contribution in [0.1, 0.15) is 78.6 Å². The molecule has 0 bridgehead atoms. The molecular weight excluding hydrogens is 440 g/mol. The third kappa shape index (κ3) is 4.55. The summed E-state index contributed by atoms with van der Waals surface area (Å²) >= 11 is 0. The summed E-state index contributed by atoms with van der Waals surface area (Å²) in [7, 11) is 0. The lowest BCUT2D eigenvalue weighted by molar-refractivity contribution is -0.262. The van der Waals surface area contributed by atoms with E-state index < -0.39 is 35.5 Å². The van der Waals surface area contributed by atoms with Gasteiger partial charge in [0.1, 0.15) is 11.1 Å². The van der Waals surface area contributed by atoms with E-state index in [-0.39, 0.29) is 29.4 Å². The first-order chi connectivity index (χ1) is 16.2. The molecule has 8 nitrogen and oxygen atoms in total. The molecule has 0 aromatic rings. The average molecular weight is 473 g/mol. The predicted octanol–water partition coefficient (Wildman–Crippen LogP) is 4.19. The summed E-state index contributed by atoms with van der Waals surface area (Å²) in [6, 6.07) is 0. The first kappa shape index (κ1) is 24.2. The van der Waals surface area contributed by atoms with Gasteiger partial charge in [0.2, 0.25) is 0 Å². The molecule has 0 aromatic heterocycles. The van der Waals surface area contributed by atoms with Crippen LogP contribution in [0.15, 0.2) is 34.9 Å². The topological polar surface area (TPSA) is 105 Å². The van der Waals surface area contributed by atoms with Gasteiger partial charge in [0, 0.05) is 24.7 Å². The molecule has 4 fully saturated rings. The monoisotopic (exact) mass is 472 g/mol. The molecule has 2 aliphatic carbocycles. The van der Waals surface area contributed by atoms with Crippen molar-refractivity contribution in [1.82, 2.24) is 0 Å². The van der Waals surface area contributed by atoms with E-state index in [1.165, 1.54) is 12.2 Å². The van der Waals surface area contributed by atoms with Crippen LogP contribution < -0.4 is 0 Å². The SMILES string of the molecule is CC(=CC=C1C(=O)OC2(CCCCC2C)OC1=O)CC=C1C(=O)OC2(CCCCC2C)OC1=O. The molecule has 4 rings (SSSR count). The molecular formula is C26H32O8. The number of hydrogen-bond donors (Lipinski definition) is 0. The molecule has 2 unspecified atom stereocenters. The molecule has 0 radical (unpaired) electrons. The number of carbonyl (C=O) groups excluding carboxylic acids is 4. The molecule has 4 aliphatic rings. The first-order valence-electron chi connectivity index (χ1n) is 12.2. The molecule has 2 saturated heterocycles. The van der Waals surface area contributed by atoms with E-state index in [0.717, 1.165) is 38.5 Å². The number of hydrogen-bond acceptors (Lipinski definition) is 8. The third-order valence-corrected chi connectivity index (χ3v) is 7.43. The second kappa shape index (κ2) is 9.39. The van der Waals surface area contributed by atoms with Gasteiger partial charge < -0.3 is 18.9 Å². The molecule has 184 valence electrons. The van der Waals surface area contributed by atoms with Gasteiger partial charge in [-0.25, -0.2) is 19.2 Å². The normalized spacial score (nSPS) is 34.4. The van der Waals surface area contributed by atoms with Gasteiger partial charge in [0.25, 0.3) is 11.6 Å². The van der Waals surface area contributed by atoms with Crippen molar-refractivity contribution in [3.8, 4) is 0 Å². The van der Waals surface area contributed by atoms with Crippen molar-refractivity contribution in [2.75, 3.05) is 0 Å². The van der Waals surface area contributed by atoms with Crippen LogP contribution in [0.5, 0.6) is 0 Å². The Labute approximate surface area is 199 Å². The minimum atomic E-state index is -1.16. The zero-order chi connectivity index (χ0) is 24.5. The van der Waals surface area contributed by atoms with Gasteiger partial charge in [0.05, 0.1) is 0 Å². The van der Waals surface area contributed by atoms with Crippen molar-refractivity contribution >= 4 is 23.9 Å². The summed E-state index contributed by atoms with van der Waals surface area (Å²) in [5.41, 5.74) is 0.382. The fourth-order valence-corrected chi connectivity index (χ4v) is 5.10. The van der Waals surface area contributed by atoms with E-state index in [1.807, 2.05) is 13.8 Å². The maximum Gasteiger partial charge on any atom is 0.348 e. The van der Waals surface area contributed by atoms with Crippen molar-refractivity contribution < 1.29 is 38.1 Å². The molecule has 34 heavy (non-hydrogen) atoms. The van der Waals surface area contributed by atoms with Crippen molar-refractivity contribution in [3.63, 3.8) is 0 Å². The maximum atomic E-state index is 12.6. The van der Waals surface area contributed by atoms with Crippen LogP contribution in [0.2, 0.25) is 0 Å². The largest absolute Gasteiger partial charge is 0.418 e. The van der Waals surface area contributed by atoms with Crippen molar-refractivity contribution in [2.45, 2.75) is 90.1 Å². The summed E-state index contributed by atoms with van der Waals surface area (Å²) in [6.45, 7) is 5.60. The highest BCUT2D eigenvalue weighted by Gasteiger charge is 2.52. The molecule has 0 N–H and O–H groups in total. The molecule has 2 heterocycles. The lowest BCUT2D eigenvalue weighted by Gasteiger charge is -2.43. The Hall–Kier alpha value is -2.90. The number of esters is 4. The van der Waals surface area contributed by atoms with Crippen molar-refractivity contribution in [3.05, 3.63) is 34.9 Å². The van der Waals surface area contributed by atoms with Crippen LogP contribution in [0.25, 0.3) is 0 Å². The minimum Gasteiger partial charge on any atom is -0.418 e. The Bertz CT molecular complexity index is 945. The van der Waals surface area contributed by atoms with Crippen molar-refractivity contribution in [2.24, 2.45) is 11.8 Å². The van der Waals surface area contributed by atoms with Crippen LogP contribution in [0.3, 0.4) is 0 Å². The highest BCUT2D eigenvalue weighted by Crippen LogP contribution is 2.42. The Kier molecular flexibility index (Phi) is 6.69. The summed E-state index contributed by atoms with van der Waals surface area (Å²) in [5, 5.41) is 0. The Morgan fingerprint density at radius 2 is 1.21 bits per heavy atom. The molecule has 2 atom stereocenters. The van der Waals surface area contributed by atoms with E-state index in [0.29, 0.717) is 18.4 Å². The zero-order valence-electron chi connectivity index (χ0n) is 20.0. The quantitative estimate of drug-likeness (QED) is 0.342. The highest BCUT2D eigenvalue weighted by molar-refractivity contribution is 6.16. The molecule has 0 aromatic carbocycles. The fraction of sp³-hybridized carbons (Fsp3) is 0.615. The van der Waals surface area contributed by atoms with Crippen LogP contribution >= 0.6 is 0 Å². The molecule has 8 heteroatoms. The van der Waals surface area contributed by atoms with Crippen LogP contribution in [0, 0.1) is 11.8 Å². The second-order valence-corrected chi connectivity index (χ2v) is 9.89. The lowest BCUT2D eigenvalue weighted by atomic mass is 9.84. The number of allylic oxidation sites excluding steroid dienone is 4. The molecule has 2 spiro atoms. The summed E-state index contributed by atoms with van der Waals surface area (Å²) in [6.07, 6.45) is 11.0. The predicted molar refractivity (Wildman–Crippen MR) is 120 cm³/mol. The Morgan fingerprint density at radius 1 is 0.765 bits per heavy atom. The van der Waals surface area contributed by atoms with Gasteiger partial charge >= 0.3 is 23.9 Å². The minimum absolute atomic E-state index is 0.0466. The van der Waals surface area contributed by atoms with Gasteiger partial charge in [-0.15, -0.1) is 0 Å². The second-order valence-electron chi connectivity index (χ2n) is 9.89. The van der Waals surface area contributed by atoms with Gasteiger partial charge in [-0.3, -0.25) is 0 Å². The van der Waals surface area contributed by atoms with E-state index in [4.69, 9.17) is 18.9 Å². The van der Waals surface area contributed by atoms with E-state index in [1.54, 1.807) is 13.0 Å². The smallest absolute Gasteiger partial charge is 0.348 e. The third-order valence-electron chi connectivity index (χ3n) is 7.43. The Morgan fingerprint density at radius 3 is 1.65 bits per heavy atom. The first-order valence-corrected chi connectivity index (χ1v) is 12.2. The summed E-state index contributed by atoms with van der Waals surface area (Å²) in [4.78, 5) is 50.2. The van der Waals surface area contributed by atoms with Gasteiger partial charge in [-0.1, -0.05) is 44.4 Å². The van der Waals surface area contributed by atoms with Crippen LogP contribution in [0.4, 0.5) is 0 Å². The molecule has 2 saturated carbocycles. The summed E-state index contributed by atoms with van der Waals surface area (Å²) < 4.78 is 22.3. The molecule has 2 aliphatic heterocycles. The number of rotatable bonds is 3.